The summed E-state index contributed by atoms with van der Waals surface area (Å²) in [7, 11) is 0. The molecule has 2 N–H and O–H groups in total. The van der Waals surface area contributed by atoms with E-state index in [-0.39, 0.29) is 17.1 Å². The van der Waals surface area contributed by atoms with Gasteiger partial charge in [-0.25, -0.2) is 0 Å². The summed E-state index contributed by atoms with van der Waals surface area (Å²) < 4.78 is 0. The van der Waals surface area contributed by atoms with Crippen molar-refractivity contribution in [1.29, 1.82) is 0 Å². The Labute approximate surface area is 182 Å². The predicted octanol–water partition coefficient (Wildman–Crippen LogP) is 5.98. The second-order valence-electron chi connectivity index (χ2n) is 7.42. The molecule has 1 unspecified atom stereocenters. The van der Waals surface area contributed by atoms with E-state index < -0.39 is 0 Å². The number of aryl methyl sites for hydroxylation is 3. The fraction of sp³-hybridized carbons (Fsp3) is 0.200. The Morgan fingerprint density at radius 1 is 0.833 bits per heavy atom. The minimum absolute atomic E-state index is 0.0382. The van der Waals surface area contributed by atoms with Crippen LogP contribution in [0.3, 0.4) is 0 Å². The molecule has 0 aliphatic rings. The molecule has 30 heavy (non-hydrogen) atoms. The Morgan fingerprint density at radius 3 is 2.20 bits per heavy atom. The minimum atomic E-state index is -0.251. The number of carbonyl (C=O) groups is 2. The quantitative estimate of drug-likeness (QED) is 0.484. The van der Waals surface area contributed by atoms with Gasteiger partial charge in [-0.3, -0.25) is 9.59 Å². The number of nitrogens with one attached hydrogen (secondary N) is 2. The summed E-state index contributed by atoms with van der Waals surface area (Å²) in [6, 6.07) is 21.0. The first-order valence-corrected chi connectivity index (χ1v) is 10.7. The van der Waals surface area contributed by atoms with Crippen LogP contribution in [0.4, 0.5) is 11.4 Å². The van der Waals surface area contributed by atoms with E-state index in [0.717, 1.165) is 27.4 Å². The number of benzene rings is 3. The second-order valence-corrected chi connectivity index (χ2v) is 8.83. The maximum Gasteiger partial charge on any atom is 0.255 e. The van der Waals surface area contributed by atoms with E-state index in [2.05, 4.69) is 16.7 Å². The third-order valence-electron chi connectivity index (χ3n) is 4.71. The van der Waals surface area contributed by atoms with E-state index >= 15 is 0 Å². The van der Waals surface area contributed by atoms with Gasteiger partial charge < -0.3 is 10.6 Å². The summed E-state index contributed by atoms with van der Waals surface area (Å²) in [6.07, 6.45) is 0. The average Bonchev–Trinajstić information content (AvgIpc) is 2.71. The van der Waals surface area contributed by atoms with Crippen LogP contribution in [0.15, 0.2) is 71.6 Å². The van der Waals surface area contributed by atoms with Crippen LogP contribution in [0.25, 0.3) is 0 Å². The van der Waals surface area contributed by atoms with Crippen LogP contribution in [0.5, 0.6) is 0 Å². The van der Waals surface area contributed by atoms with Crippen LogP contribution >= 0.6 is 11.8 Å². The number of amides is 2. The molecule has 0 aliphatic carbocycles. The summed E-state index contributed by atoms with van der Waals surface area (Å²) in [4.78, 5) is 25.9. The Morgan fingerprint density at radius 2 is 1.53 bits per heavy atom. The molecule has 0 aromatic heterocycles. The predicted molar refractivity (Wildman–Crippen MR) is 125 cm³/mol. The highest BCUT2D eigenvalue weighted by Crippen LogP contribution is 2.26. The SMILES string of the molecule is Cc1cccc(C(=O)Nc2ccc(SC(C)C(=O)Nc3ccc(C)cc3C)cc2)c1. The van der Waals surface area contributed by atoms with Gasteiger partial charge in [-0.05, 0) is 75.7 Å². The van der Waals surface area contributed by atoms with Crippen molar-refractivity contribution >= 4 is 35.0 Å². The van der Waals surface area contributed by atoms with Crippen LogP contribution in [0.2, 0.25) is 0 Å². The van der Waals surface area contributed by atoms with Gasteiger partial charge in [-0.15, -0.1) is 11.8 Å². The molecular formula is C25H26N2O2S. The van der Waals surface area contributed by atoms with E-state index in [4.69, 9.17) is 0 Å². The van der Waals surface area contributed by atoms with Gasteiger partial charge in [0.1, 0.15) is 0 Å². The van der Waals surface area contributed by atoms with Crippen molar-refractivity contribution in [3.8, 4) is 0 Å². The largest absolute Gasteiger partial charge is 0.325 e. The lowest BCUT2D eigenvalue weighted by Gasteiger charge is -2.14. The molecule has 0 fully saturated rings. The summed E-state index contributed by atoms with van der Waals surface area (Å²) in [5, 5.41) is 5.65. The summed E-state index contributed by atoms with van der Waals surface area (Å²) in [5.41, 5.74) is 5.45. The average molecular weight is 419 g/mol. The second kappa shape index (κ2) is 9.63. The number of rotatable bonds is 6. The molecule has 0 radical (unpaired) electrons. The maximum absolute atomic E-state index is 12.6. The summed E-state index contributed by atoms with van der Waals surface area (Å²) >= 11 is 1.48. The van der Waals surface area contributed by atoms with Crippen LogP contribution in [-0.4, -0.2) is 17.1 Å². The van der Waals surface area contributed by atoms with Gasteiger partial charge in [0.15, 0.2) is 0 Å². The van der Waals surface area contributed by atoms with Gasteiger partial charge in [0.2, 0.25) is 5.91 Å². The fourth-order valence-corrected chi connectivity index (χ4v) is 3.92. The molecule has 3 rings (SSSR count). The van der Waals surface area contributed by atoms with Crippen LogP contribution in [-0.2, 0) is 4.79 Å². The first kappa shape index (κ1) is 21.7. The third kappa shape index (κ3) is 5.74. The van der Waals surface area contributed by atoms with Gasteiger partial charge in [0, 0.05) is 21.8 Å². The fourth-order valence-electron chi connectivity index (χ4n) is 3.05. The van der Waals surface area contributed by atoms with Crippen molar-refractivity contribution in [1.82, 2.24) is 0 Å². The Kier molecular flexibility index (Phi) is 6.95. The highest BCUT2D eigenvalue weighted by atomic mass is 32.2. The van der Waals surface area contributed by atoms with Crippen molar-refractivity contribution in [2.24, 2.45) is 0 Å². The normalized spacial score (nSPS) is 11.6. The van der Waals surface area contributed by atoms with Gasteiger partial charge in [0.05, 0.1) is 5.25 Å². The highest BCUT2D eigenvalue weighted by molar-refractivity contribution is 8.00. The van der Waals surface area contributed by atoms with Crippen molar-refractivity contribution in [2.45, 2.75) is 37.8 Å². The topological polar surface area (TPSA) is 58.2 Å². The molecular weight excluding hydrogens is 392 g/mol. The Balaban J connectivity index is 1.58. The van der Waals surface area contributed by atoms with Crippen molar-refractivity contribution < 1.29 is 9.59 Å². The number of anilines is 2. The van der Waals surface area contributed by atoms with Gasteiger partial charge >= 0.3 is 0 Å². The molecule has 2 amide bonds. The monoisotopic (exact) mass is 418 g/mol. The zero-order valence-electron chi connectivity index (χ0n) is 17.7. The number of hydrogen-bond donors (Lipinski definition) is 2. The molecule has 154 valence electrons. The molecule has 0 bridgehead atoms. The number of carbonyl (C=O) groups excluding carboxylic acids is 2. The maximum atomic E-state index is 12.6. The lowest BCUT2D eigenvalue weighted by Crippen LogP contribution is -2.22. The summed E-state index contributed by atoms with van der Waals surface area (Å²) in [5.74, 6) is -0.177. The number of thioether (sulfide) groups is 1. The Bertz CT molecular complexity index is 1060. The smallest absolute Gasteiger partial charge is 0.255 e. The highest BCUT2D eigenvalue weighted by Gasteiger charge is 2.15. The molecule has 3 aromatic rings. The van der Waals surface area contributed by atoms with Crippen LogP contribution < -0.4 is 10.6 Å². The molecule has 0 saturated heterocycles. The molecule has 1 atom stereocenters. The molecule has 0 spiro atoms. The zero-order valence-corrected chi connectivity index (χ0v) is 18.5. The first-order chi connectivity index (χ1) is 14.3. The van der Waals surface area contributed by atoms with Crippen molar-refractivity contribution in [2.75, 3.05) is 10.6 Å². The number of hydrogen-bond acceptors (Lipinski definition) is 3. The van der Waals surface area contributed by atoms with Gasteiger partial charge in [0.25, 0.3) is 5.91 Å². The standard InChI is InChI=1S/C25H26N2O2S/c1-16-6-5-7-20(15-16)25(29)26-21-9-11-22(12-10-21)30-19(4)24(28)27-23-13-8-17(2)14-18(23)3/h5-15,19H,1-4H3,(H,26,29)(H,27,28). The summed E-state index contributed by atoms with van der Waals surface area (Å²) in [6.45, 7) is 7.87. The minimum Gasteiger partial charge on any atom is -0.325 e. The Hall–Kier alpha value is -3.05. The first-order valence-electron chi connectivity index (χ1n) is 9.84. The van der Waals surface area contributed by atoms with E-state index in [1.54, 1.807) is 6.07 Å². The molecule has 0 aliphatic heterocycles. The van der Waals surface area contributed by atoms with Gasteiger partial charge in [-0.2, -0.15) is 0 Å². The molecule has 4 nitrogen and oxygen atoms in total. The van der Waals surface area contributed by atoms with Crippen LogP contribution in [0.1, 0.15) is 34.0 Å². The zero-order chi connectivity index (χ0) is 21.7. The van der Waals surface area contributed by atoms with Gasteiger partial charge in [-0.1, -0.05) is 35.4 Å². The lowest BCUT2D eigenvalue weighted by atomic mass is 10.1. The lowest BCUT2D eigenvalue weighted by molar-refractivity contribution is -0.115. The van der Waals surface area contributed by atoms with E-state index in [1.807, 2.05) is 82.3 Å². The van der Waals surface area contributed by atoms with E-state index in [1.165, 1.54) is 17.3 Å². The molecule has 5 heteroatoms. The van der Waals surface area contributed by atoms with E-state index in [0.29, 0.717) is 5.56 Å². The molecule has 3 aromatic carbocycles. The molecule has 0 heterocycles. The van der Waals surface area contributed by atoms with Crippen molar-refractivity contribution in [3.05, 3.63) is 89.0 Å². The molecule has 0 saturated carbocycles. The van der Waals surface area contributed by atoms with E-state index in [9.17, 15) is 9.59 Å². The third-order valence-corrected chi connectivity index (χ3v) is 5.83. The van der Waals surface area contributed by atoms with Crippen LogP contribution in [0, 0.1) is 20.8 Å². The van der Waals surface area contributed by atoms with Crippen molar-refractivity contribution in [3.63, 3.8) is 0 Å².